The molecular formula is C22H42N2O6. The molecule has 2 N–H and O–H groups in total. The minimum absolute atomic E-state index is 0.187. The molecule has 1 amide bonds. The van der Waals surface area contributed by atoms with E-state index in [-0.39, 0.29) is 24.5 Å². The highest BCUT2D eigenvalue weighted by Crippen LogP contribution is 2.19. The molecule has 1 fully saturated rings. The molecule has 0 atom stereocenters. The number of ether oxygens (including phenoxy) is 4. The zero-order valence-corrected chi connectivity index (χ0v) is 19.7. The van der Waals surface area contributed by atoms with Gasteiger partial charge in [-0.25, -0.2) is 4.79 Å². The van der Waals surface area contributed by atoms with E-state index in [4.69, 9.17) is 18.9 Å². The number of esters is 1. The van der Waals surface area contributed by atoms with Gasteiger partial charge >= 0.3 is 12.1 Å². The zero-order valence-electron chi connectivity index (χ0n) is 19.7. The minimum atomic E-state index is -0.466. The standard InChI is InChI=1S/C22H42N2O6/c1-21(2,3)29-19(25)11-13-27-15-16-28-14-12-23-17-7-9-18(10-8-17)24-20(26)30-22(4,5)6/h17-18,23H,7-16H2,1-6H3,(H,24,26). The Morgan fingerprint density at radius 2 is 1.30 bits per heavy atom. The lowest BCUT2D eigenvalue weighted by Crippen LogP contribution is -2.44. The van der Waals surface area contributed by atoms with E-state index in [1.54, 1.807) is 0 Å². The van der Waals surface area contributed by atoms with Crippen LogP contribution in [0.5, 0.6) is 0 Å². The lowest BCUT2D eigenvalue weighted by molar-refractivity contribution is -0.156. The van der Waals surface area contributed by atoms with Gasteiger partial charge in [0.2, 0.25) is 0 Å². The highest BCUT2D eigenvalue weighted by molar-refractivity contribution is 5.69. The van der Waals surface area contributed by atoms with E-state index >= 15 is 0 Å². The Bertz CT molecular complexity index is 505. The van der Waals surface area contributed by atoms with E-state index in [1.165, 1.54) is 0 Å². The van der Waals surface area contributed by atoms with Crippen LogP contribution in [0.4, 0.5) is 4.79 Å². The summed E-state index contributed by atoms with van der Waals surface area (Å²) in [5.74, 6) is -0.247. The van der Waals surface area contributed by atoms with Crippen LogP contribution in [0.2, 0.25) is 0 Å². The molecule has 0 saturated heterocycles. The third kappa shape index (κ3) is 14.6. The van der Waals surface area contributed by atoms with Gasteiger partial charge in [0, 0.05) is 18.6 Å². The van der Waals surface area contributed by atoms with Gasteiger partial charge in [-0.05, 0) is 67.2 Å². The first-order valence-electron chi connectivity index (χ1n) is 11.0. The van der Waals surface area contributed by atoms with Gasteiger partial charge < -0.3 is 29.6 Å². The fraction of sp³-hybridized carbons (Fsp3) is 0.909. The number of hydrogen-bond donors (Lipinski definition) is 2. The molecule has 1 aliphatic carbocycles. The second-order valence-corrected chi connectivity index (χ2v) is 9.71. The van der Waals surface area contributed by atoms with Crippen molar-refractivity contribution in [1.82, 2.24) is 10.6 Å². The molecule has 1 rings (SSSR count). The quantitative estimate of drug-likeness (QED) is 0.384. The summed E-state index contributed by atoms with van der Waals surface area (Å²) in [6.45, 7) is 13.9. The van der Waals surface area contributed by atoms with Crippen molar-refractivity contribution in [2.45, 2.75) is 96.9 Å². The Morgan fingerprint density at radius 3 is 1.87 bits per heavy atom. The number of hydrogen-bond acceptors (Lipinski definition) is 7. The lowest BCUT2D eigenvalue weighted by atomic mass is 9.91. The van der Waals surface area contributed by atoms with Gasteiger partial charge in [-0.15, -0.1) is 0 Å². The Hall–Kier alpha value is -1.38. The average molecular weight is 431 g/mol. The fourth-order valence-corrected chi connectivity index (χ4v) is 3.12. The maximum absolute atomic E-state index is 11.8. The molecule has 0 unspecified atom stereocenters. The van der Waals surface area contributed by atoms with Crippen molar-refractivity contribution in [2.24, 2.45) is 0 Å². The number of nitrogens with one attached hydrogen (secondary N) is 2. The summed E-state index contributed by atoms with van der Waals surface area (Å²) in [5, 5.41) is 6.46. The number of alkyl carbamates (subject to hydrolysis) is 1. The molecule has 0 aromatic carbocycles. The largest absolute Gasteiger partial charge is 0.460 e. The van der Waals surface area contributed by atoms with Crippen LogP contribution >= 0.6 is 0 Å². The second-order valence-electron chi connectivity index (χ2n) is 9.71. The van der Waals surface area contributed by atoms with Crippen LogP contribution in [-0.4, -0.2) is 68.3 Å². The van der Waals surface area contributed by atoms with E-state index in [1.807, 2.05) is 41.5 Å². The van der Waals surface area contributed by atoms with Crippen LogP contribution in [0.15, 0.2) is 0 Å². The predicted octanol–water partition coefficient (Wildman–Crippen LogP) is 3.18. The smallest absolute Gasteiger partial charge is 0.407 e. The van der Waals surface area contributed by atoms with Gasteiger partial charge in [0.25, 0.3) is 0 Å². The van der Waals surface area contributed by atoms with E-state index in [2.05, 4.69) is 10.6 Å². The molecule has 0 bridgehead atoms. The minimum Gasteiger partial charge on any atom is -0.460 e. The molecule has 0 aliphatic heterocycles. The van der Waals surface area contributed by atoms with E-state index in [9.17, 15) is 9.59 Å². The van der Waals surface area contributed by atoms with Gasteiger partial charge in [-0.3, -0.25) is 4.79 Å². The molecule has 176 valence electrons. The first-order chi connectivity index (χ1) is 13.9. The highest BCUT2D eigenvalue weighted by atomic mass is 16.6. The number of carbonyl (C=O) groups is 2. The Morgan fingerprint density at radius 1 is 0.767 bits per heavy atom. The molecular weight excluding hydrogens is 388 g/mol. The molecule has 8 heteroatoms. The van der Waals surface area contributed by atoms with Crippen molar-refractivity contribution in [1.29, 1.82) is 0 Å². The maximum Gasteiger partial charge on any atom is 0.407 e. The molecule has 30 heavy (non-hydrogen) atoms. The average Bonchev–Trinajstić information content (AvgIpc) is 2.58. The first-order valence-corrected chi connectivity index (χ1v) is 11.0. The Kier molecular flexibility index (Phi) is 11.7. The van der Waals surface area contributed by atoms with E-state index in [0.29, 0.717) is 32.5 Å². The molecule has 1 aliphatic rings. The summed E-state index contributed by atoms with van der Waals surface area (Å²) in [5.41, 5.74) is -0.924. The molecule has 0 heterocycles. The normalized spacial score (nSPS) is 19.9. The van der Waals surface area contributed by atoms with Crippen LogP contribution in [0.1, 0.15) is 73.6 Å². The van der Waals surface area contributed by atoms with Crippen LogP contribution < -0.4 is 10.6 Å². The third-order valence-electron chi connectivity index (χ3n) is 4.37. The zero-order chi connectivity index (χ0) is 22.6. The molecule has 1 saturated carbocycles. The Labute approximate surface area is 181 Å². The van der Waals surface area contributed by atoms with Gasteiger partial charge in [-0.2, -0.15) is 0 Å². The number of amides is 1. The SMILES string of the molecule is CC(C)(C)OC(=O)CCOCCOCCNC1CCC(NC(=O)OC(C)(C)C)CC1. The third-order valence-corrected chi connectivity index (χ3v) is 4.37. The summed E-state index contributed by atoms with van der Waals surface area (Å²) < 4.78 is 21.5. The summed E-state index contributed by atoms with van der Waals surface area (Å²) >= 11 is 0. The van der Waals surface area contributed by atoms with Crippen molar-refractivity contribution in [3.05, 3.63) is 0 Å². The summed E-state index contributed by atoms with van der Waals surface area (Å²) in [4.78, 5) is 23.4. The molecule has 8 nitrogen and oxygen atoms in total. The fourth-order valence-electron chi connectivity index (χ4n) is 3.12. The molecule has 0 aromatic rings. The molecule has 0 spiro atoms. The summed E-state index contributed by atoms with van der Waals surface area (Å²) in [6, 6.07) is 0.641. The van der Waals surface area contributed by atoms with Crippen LogP contribution in [-0.2, 0) is 23.7 Å². The van der Waals surface area contributed by atoms with E-state index < -0.39 is 11.2 Å². The number of carbonyl (C=O) groups excluding carboxylic acids is 2. The van der Waals surface area contributed by atoms with Gasteiger partial charge in [0.15, 0.2) is 0 Å². The summed E-state index contributed by atoms with van der Waals surface area (Å²) in [6.07, 6.45) is 3.86. The summed E-state index contributed by atoms with van der Waals surface area (Å²) in [7, 11) is 0. The predicted molar refractivity (Wildman–Crippen MR) is 116 cm³/mol. The van der Waals surface area contributed by atoms with Crippen molar-refractivity contribution >= 4 is 12.1 Å². The lowest BCUT2D eigenvalue weighted by Gasteiger charge is -2.30. The van der Waals surface area contributed by atoms with E-state index in [0.717, 1.165) is 32.2 Å². The maximum atomic E-state index is 11.8. The van der Waals surface area contributed by atoms with Crippen LogP contribution in [0.3, 0.4) is 0 Å². The van der Waals surface area contributed by atoms with Crippen LogP contribution in [0, 0.1) is 0 Å². The van der Waals surface area contributed by atoms with Crippen molar-refractivity contribution in [3.8, 4) is 0 Å². The highest BCUT2D eigenvalue weighted by Gasteiger charge is 2.24. The first kappa shape index (κ1) is 26.7. The molecule has 0 aromatic heterocycles. The van der Waals surface area contributed by atoms with Gasteiger partial charge in [-0.1, -0.05) is 0 Å². The van der Waals surface area contributed by atoms with Crippen molar-refractivity contribution < 1.29 is 28.5 Å². The van der Waals surface area contributed by atoms with Gasteiger partial charge in [0.05, 0.1) is 32.8 Å². The van der Waals surface area contributed by atoms with Crippen molar-refractivity contribution in [2.75, 3.05) is 33.0 Å². The van der Waals surface area contributed by atoms with Crippen molar-refractivity contribution in [3.63, 3.8) is 0 Å². The van der Waals surface area contributed by atoms with Gasteiger partial charge in [0.1, 0.15) is 11.2 Å². The molecule has 0 radical (unpaired) electrons. The monoisotopic (exact) mass is 430 g/mol. The topological polar surface area (TPSA) is 95.1 Å². The second kappa shape index (κ2) is 13.1. The Balaban J connectivity index is 1.95. The van der Waals surface area contributed by atoms with Crippen LogP contribution in [0.25, 0.3) is 0 Å². The number of rotatable bonds is 11.